The Labute approximate surface area is 142 Å². The Kier molecular flexibility index (Phi) is 5.27. The summed E-state index contributed by atoms with van der Waals surface area (Å²) in [6.07, 6.45) is 0. The zero-order valence-corrected chi connectivity index (χ0v) is 16.3. The zero-order valence-electron chi connectivity index (χ0n) is 12.5. The van der Waals surface area contributed by atoms with Gasteiger partial charge in [-0.15, -0.1) is 0 Å². The number of rotatable bonds is 5. The molecule has 0 unspecified atom stereocenters. The van der Waals surface area contributed by atoms with Crippen LogP contribution in [-0.2, 0) is 0 Å². The fourth-order valence-corrected chi connectivity index (χ4v) is 18.3. The fourth-order valence-electron chi connectivity index (χ4n) is 3.27. The van der Waals surface area contributed by atoms with Crippen LogP contribution in [0.15, 0.2) is 91.0 Å². The van der Waals surface area contributed by atoms with Crippen molar-refractivity contribution in [2.24, 2.45) is 0 Å². The van der Waals surface area contributed by atoms with Gasteiger partial charge < -0.3 is 0 Å². The van der Waals surface area contributed by atoms with Crippen LogP contribution in [0.25, 0.3) is 0 Å². The molecule has 2 heteroatoms. The molecule has 3 aromatic rings. The molecule has 0 bridgehead atoms. The van der Waals surface area contributed by atoms with Crippen molar-refractivity contribution in [3.63, 3.8) is 0 Å². The molecule has 3 rings (SSSR count). The van der Waals surface area contributed by atoms with Crippen LogP contribution < -0.4 is 10.7 Å². The van der Waals surface area contributed by atoms with Crippen molar-refractivity contribution in [3.8, 4) is 0 Å². The van der Waals surface area contributed by atoms with E-state index in [-0.39, 0.29) is 0 Å². The van der Waals surface area contributed by atoms with Crippen LogP contribution in [0.1, 0.15) is 0 Å². The van der Waals surface area contributed by atoms with Gasteiger partial charge in [0.2, 0.25) is 0 Å². The van der Waals surface area contributed by atoms with Gasteiger partial charge in [-0.1, -0.05) is 0 Å². The topological polar surface area (TPSA) is 0 Å². The van der Waals surface area contributed by atoms with Crippen LogP contribution in [-0.4, -0.2) is 24.1 Å². The maximum absolute atomic E-state index is 4.62. The second kappa shape index (κ2) is 7.38. The van der Waals surface area contributed by atoms with E-state index in [1.165, 1.54) is 15.2 Å². The predicted molar refractivity (Wildman–Crippen MR) is 103 cm³/mol. The zero-order chi connectivity index (χ0) is 15.3. The maximum atomic E-state index is 4.62. The van der Waals surface area contributed by atoms with Crippen LogP contribution in [0.5, 0.6) is 0 Å². The number of hydrogen-bond acceptors (Lipinski definition) is 1. The molecule has 0 saturated heterocycles. The molecule has 0 aromatic heterocycles. The molecule has 0 nitrogen and oxygen atoms in total. The molecule has 0 spiro atoms. The molecule has 0 atom stereocenters. The average Bonchev–Trinajstić information content (AvgIpc) is 2.62. The van der Waals surface area contributed by atoms with Gasteiger partial charge in [0, 0.05) is 0 Å². The molecule has 0 aliphatic rings. The van der Waals surface area contributed by atoms with E-state index in [0.717, 1.165) is 5.75 Å². The molecule has 0 heterocycles. The third-order valence-electron chi connectivity index (χ3n) is 4.29. The van der Waals surface area contributed by atoms with Crippen LogP contribution in [0.2, 0.25) is 4.44 Å². The minimum absolute atomic E-state index is 0.925. The normalized spacial score (nSPS) is 11.3. The van der Waals surface area contributed by atoms with Gasteiger partial charge in [-0.3, -0.25) is 0 Å². The third-order valence-corrected chi connectivity index (χ3v) is 19.9. The monoisotopic (exact) mass is 412 g/mol. The van der Waals surface area contributed by atoms with Gasteiger partial charge in [0.15, 0.2) is 0 Å². The summed E-state index contributed by atoms with van der Waals surface area (Å²) in [6, 6.07) is 33.3. The predicted octanol–water partition coefficient (Wildman–Crippen LogP) is 3.09. The van der Waals surface area contributed by atoms with Gasteiger partial charge in [0.05, 0.1) is 0 Å². The molecule has 0 aliphatic heterocycles. The summed E-state index contributed by atoms with van der Waals surface area (Å²) in [5.74, 6) is 0.925. The molecule has 3 aromatic carbocycles. The first-order valence-electron chi connectivity index (χ1n) is 7.65. The van der Waals surface area contributed by atoms with Crippen molar-refractivity contribution in [2.75, 3.05) is 5.75 Å². The van der Waals surface area contributed by atoms with Crippen molar-refractivity contribution in [1.82, 2.24) is 0 Å². The van der Waals surface area contributed by atoms with E-state index in [1.807, 2.05) is 0 Å². The quantitative estimate of drug-likeness (QED) is 0.485. The van der Waals surface area contributed by atoms with E-state index in [4.69, 9.17) is 0 Å². The number of benzene rings is 3. The van der Waals surface area contributed by atoms with Crippen molar-refractivity contribution < 1.29 is 0 Å². The summed E-state index contributed by atoms with van der Waals surface area (Å²) >= 11 is 1.67. The summed E-state index contributed by atoms with van der Waals surface area (Å²) in [5, 5.41) is 0. The first-order valence-corrected chi connectivity index (χ1v) is 14.6. The number of hydrogen-bond donors (Lipinski definition) is 1. The summed E-state index contributed by atoms with van der Waals surface area (Å²) in [4.78, 5) is 0. The van der Waals surface area contributed by atoms with E-state index < -0.39 is 18.4 Å². The van der Waals surface area contributed by atoms with Crippen molar-refractivity contribution in [3.05, 3.63) is 91.0 Å². The molecule has 0 saturated carbocycles. The summed E-state index contributed by atoms with van der Waals surface area (Å²) in [5.41, 5.74) is 0. The molecular formula is C20H20SSn. The van der Waals surface area contributed by atoms with Crippen LogP contribution in [0.3, 0.4) is 0 Å². The average molecular weight is 411 g/mol. The number of thiol groups is 1. The first-order chi connectivity index (χ1) is 10.9. The van der Waals surface area contributed by atoms with E-state index in [0.29, 0.717) is 0 Å². The Balaban J connectivity index is 2.29. The van der Waals surface area contributed by atoms with Gasteiger partial charge in [-0.25, -0.2) is 0 Å². The SMILES string of the molecule is SC[CH2][Sn]([c]1ccccc1)([c]1ccccc1)[c]1ccccc1. The molecule has 0 aliphatic carbocycles. The summed E-state index contributed by atoms with van der Waals surface area (Å²) < 4.78 is 5.77. The molecular weight excluding hydrogens is 391 g/mol. The van der Waals surface area contributed by atoms with Crippen molar-refractivity contribution >= 4 is 41.7 Å². The summed E-state index contributed by atoms with van der Waals surface area (Å²) in [7, 11) is 0. The van der Waals surface area contributed by atoms with Gasteiger partial charge in [-0.05, 0) is 0 Å². The van der Waals surface area contributed by atoms with E-state index in [9.17, 15) is 0 Å². The van der Waals surface area contributed by atoms with E-state index in [2.05, 4.69) is 104 Å². The molecule has 22 heavy (non-hydrogen) atoms. The Morgan fingerprint density at radius 1 is 0.545 bits per heavy atom. The van der Waals surface area contributed by atoms with Gasteiger partial charge in [0.1, 0.15) is 0 Å². The second-order valence-electron chi connectivity index (χ2n) is 5.48. The Bertz CT molecular complexity index is 599. The van der Waals surface area contributed by atoms with E-state index in [1.54, 1.807) is 0 Å². The second-order valence-corrected chi connectivity index (χ2v) is 17.5. The Morgan fingerprint density at radius 3 is 1.14 bits per heavy atom. The molecule has 0 amide bonds. The Hall–Kier alpha value is -1.19. The molecule has 0 N–H and O–H groups in total. The van der Waals surface area contributed by atoms with E-state index >= 15 is 0 Å². The van der Waals surface area contributed by atoms with Crippen molar-refractivity contribution in [1.29, 1.82) is 0 Å². The van der Waals surface area contributed by atoms with Crippen molar-refractivity contribution in [2.45, 2.75) is 4.44 Å². The standard InChI is InChI=1S/3C6H5.C2H5S.Sn/c3*1-2-4-6-5-3-1;1-2-3;/h3*1-5H;3H,1-2H2;. The summed E-state index contributed by atoms with van der Waals surface area (Å²) in [6.45, 7) is 0. The van der Waals surface area contributed by atoms with Crippen LogP contribution in [0.4, 0.5) is 0 Å². The molecule has 110 valence electrons. The Morgan fingerprint density at radius 2 is 0.864 bits per heavy atom. The van der Waals surface area contributed by atoms with Gasteiger partial charge >= 0.3 is 143 Å². The molecule has 0 fully saturated rings. The van der Waals surface area contributed by atoms with Gasteiger partial charge in [-0.2, -0.15) is 0 Å². The third kappa shape index (κ3) is 2.97. The van der Waals surface area contributed by atoms with Crippen LogP contribution >= 0.6 is 12.6 Å². The first kappa shape index (κ1) is 15.7. The molecule has 0 radical (unpaired) electrons. The van der Waals surface area contributed by atoms with Crippen LogP contribution in [0, 0.1) is 0 Å². The fraction of sp³-hybridized carbons (Fsp3) is 0.100. The van der Waals surface area contributed by atoms with Gasteiger partial charge in [0.25, 0.3) is 0 Å². The minimum atomic E-state index is -2.95.